The van der Waals surface area contributed by atoms with Crippen molar-refractivity contribution >= 4 is 17.5 Å². The highest BCUT2D eigenvalue weighted by Crippen LogP contribution is 2.23. The molecule has 1 aromatic carbocycles. The minimum Gasteiger partial charge on any atom is -0.497 e. The lowest BCUT2D eigenvalue weighted by Crippen LogP contribution is -1.90. The van der Waals surface area contributed by atoms with Gasteiger partial charge in [-0.2, -0.15) is 0 Å². The summed E-state index contributed by atoms with van der Waals surface area (Å²) in [7, 11) is 1.67. The van der Waals surface area contributed by atoms with Crippen molar-refractivity contribution in [1.82, 2.24) is 0 Å². The van der Waals surface area contributed by atoms with Gasteiger partial charge in [0.15, 0.2) is 0 Å². The summed E-state index contributed by atoms with van der Waals surface area (Å²) in [6.45, 7) is 1.64. The van der Waals surface area contributed by atoms with Crippen molar-refractivity contribution < 1.29 is 9.53 Å². The van der Waals surface area contributed by atoms with E-state index in [0.717, 1.165) is 17.9 Å². The molecular weight excluding hydrogens is 208 g/mol. The molecule has 0 bridgehead atoms. The van der Waals surface area contributed by atoms with Crippen molar-refractivity contribution in [3.8, 4) is 5.75 Å². The van der Waals surface area contributed by atoms with E-state index in [1.807, 2.05) is 18.2 Å². The number of methoxy groups -OCH3 is 1. The lowest BCUT2D eigenvalue weighted by atomic mass is 10.3. The molecule has 0 spiro atoms. The maximum absolute atomic E-state index is 10.7. The number of Topliss-reactive ketones (excluding diaryl/α,β-unsaturated/α-hetero) is 1. The zero-order chi connectivity index (χ0) is 11.1. The van der Waals surface area contributed by atoms with E-state index in [0.29, 0.717) is 6.42 Å². The first-order valence-electron chi connectivity index (χ1n) is 4.98. The molecule has 0 fully saturated rings. The summed E-state index contributed by atoms with van der Waals surface area (Å²) in [6, 6.07) is 7.98. The molecule has 0 heterocycles. The second-order valence-electron chi connectivity index (χ2n) is 3.33. The SMILES string of the molecule is COc1cccc(SCCCC(C)=O)c1. The van der Waals surface area contributed by atoms with Gasteiger partial charge in [-0.05, 0) is 37.3 Å². The number of carbonyl (C=O) groups excluding carboxylic acids is 1. The van der Waals surface area contributed by atoms with Gasteiger partial charge in [-0.15, -0.1) is 11.8 Å². The second kappa shape index (κ2) is 6.51. The van der Waals surface area contributed by atoms with Crippen LogP contribution in [0.2, 0.25) is 0 Å². The van der Waals surface area contributed by atoms with E-state index in [2.05, 4.69) is 6.07 Å². The Morgan fingerprint density at radius 2 is 2.27 bits per heavy atom. The molecule has 0 saturated heterocycles. The number of ketones is 1. The summed E-state index contributed by atoms with van der Waals surface area (Å²) < 4.78 is 5.13. The van der Waals surface area contributed by atoms with Gasteiger partial charge in [0, 0.05) is 11.3 Å². The van der Waals surface area contributed by atoms with Gasteiger partial charge < -0.3 is 9.53 Å². The topological polar surface area (TPSA) is 26.3 Å². The van der Waals surface area contributed by atoms with Gasteiger partial charge in [0.1, 0.15) is 11.5 Å². The smallest absolute Gasteiger partial charge is 0.129 e. The van der Waals surface area contributed by atoms with Crippen LogP contribution in [-0.4, -0.2) is 18.6 Å². The van der Waals surface area contributed by atoms with Crippen molar-refractivity contribution in [2.75, 3.05) is 12.9 Å². The van der Waals surface area contributed by atoms with Crippen molar-refractivity contribution in [2.24, 2.45) is 0 Å². The van der Waals surface area contributed by atoms with Crippen molar-refractivity contribution in [1.29, 1.82) is 0 Å². The highest BCUT2D eigenvalue weighted by molar-refractivity contribution is 7.99. The number of benzene rings is 1. The second-order valence-corrected chi connectivity index (χ2v) is 4.50. The molecule has 0 aliphatic rings. The monoisotopic (exact) mass is 224 g/mol. The predicted octanol–water partition coefficient (Wildman–Crippen LogP) is 3.16. The molecule has 1 rings (SSSR count). The third-order valence-electron chi connectivity index (χ3n) is 1.98. The van der Waals surface area contributed by atoms with Gasteiger partial charge in [0.2, 0.25) is 0 Å². The third kappa shape index (κ3) is 4.88. The Labute approximate surface area is 95.0 Å². The molecule has 1 aromatic rings. The summed E-state index contributed by atoms with van der Waals surface area (Å²) in [5, 5.41) is 0. The number of carbonyl (C=O) groups is 1. The fourth-order valence-corrected chi connectivity index (χ4v) is 2.10. The fraction of sp³-hybridized carbons (Fsp3) is 0.417. The Kier molecular flexibility index (Phi) is 5.26. The minimum absolute atomic E-state index is 0.265. The van der Waals surface area contributed by atoms with Gasteiger partial charge in [0.25, 0.3) is 0 Å². The lowest BCUT2D eigenvalue weighted by Gasteiger charge is -2.03. The summed E-state index contributed by atoms with van der Waals surface area (Å²) >= 11 is 1.76. The van der Waals surface area contributed by atoms with Crippen LogP contribution >= 0.6 is 11.8 Å². The van der Waals surface area contributed by atoms with Crippen molar-refractivity contribution in [3.63, 3.8) is 0 Å². The first-order valence-corrected chi connectivity index (χ1v) is 5.97. The average Bonchev–Trinajstić information content (AvgIpc) is 2.24. The number of rotatable bonds is 6. The predicted molar refractivity (Wildman–Crippen MR) is 63.6 cm³/mol. The van der Waals surface area contributed by atoms with Crippen LogP contribution in [0.3, 0.4) is 0 Å². The first-order chi connectivity index (χ1) is 7.22. The largest absolute Gasteiger partial charge is 0.497 e. The summed E-state index contributed by atoms with van der Waals surface area (Å²) in [5.74, 6) is 2.13. The number of hydrogen-bond acceptors (Lipinski definition) is 3. The van der Waals surface area contributed by atoms with Crippen molar-refractivity contribution in [3.05, 3.63) is 24.3 Å². The van der Waals surface area contributed by atoms with Crippen LogP contribution in [0.1, 0.15) is 19.8 Å². The molecule has 0 aromatic heterocycles. The van der Waals surface area contributed by atoms with E-state index in [9.17, 15) is 4.79 Å². The molecule has 0 aliphatic heterocycles. The molecule has 0 aliphatic carbocycles. The van der Waals surface area contributed by atoms with E-state index >= 15 is 0 Å². The van der Waals surface area contributed by atoms with Crippen molar-refractivity contribution in [2.45, 2.75) is 24.7 Å². The van der Waals surface area contributed by atoms with E-state index in [1.54, 1.807) is 25.8 Å². The maximum atomic E-state index is 10.7. The Morgan fingerprint density at radius 3 is 2.93 bits per heavy atom. The van der Waals surface area contributed by atoms with Crippen LogP contribution in [-0.2, 0) is 4.79 Å². The van der Waals surface area contributed by atoms with Gasteiger partial charge >= 0.3 is 0 Å². The zero-order valence-electron chi connectivity index (χ0n) is 9.16. The Hall–Kier alpha value is -0.960. The molecule has 0 N–H and O–H groups in total. The first kappa shape index (κ1) is 12.1. The minimum atomic E-state index is 0.265. The van der Waals surface area contributed by atoms with E-state index in [1.165, 1.54) is 4.90 Å². The highest BCUT2D eigenvalue weighted by atomic mass is 32.2. The Bertz CT molecular complexity index is 323. The highest BCUT2D eigenvalue weighted by Gasteiger charge is 1.98. The quantitative estimate of drug-likeness (QED) is 0.548. The Morgan fingerprint density at radius 1 is 1.47 bits per heavy atom. The maximum Gasteiger partial charge on any atom is 0.129 e. The van der Waals surface area contributed by atoms with Crippen LogP contribution in [0.5, 0.6) is 5.75 Å². The van der Waals surface area contributed by atoms with Crippen LogP contribution in [0.25, 0.3) is 0 Å². The molecule has 2 nitrogen and oxygen atoms in total. The van der Waals surface area contributed by atoms with Gasteiger partial charge in [-0.1, -0.05) is 6.07 Å². The Balaban J connectivity index is 2.33. The molecular formula is C12H16O2S. The molecule has 3 heteroatoms. The molecule has 0 radical (unpaired) electrons. The number of ether oxygens (including phenoxy) is 1. The third-order valence-corrected chi connectivity index (χ3v) is 3.06. The zero-order valence-corrected chi connectivity index (χ0v) is 9.97. The summed E-state index contributed by atoms with van der Waals surface area (Å²) in [5.41, 5.74) is 0. The summed E-state index contributed by atoms with van der Waals surface area (Å²) in [6.07, 6.45) is 1.62. The molecule has 0 atom stereocenters. The molecule has 0 amide bonds. The standard InChI is InChI=1S/C12H16O2S/c1-10(13)5-4-8-15-12-7-3-6-11(9-12)14-2/h3,6-7,9H,4-5,8H2,1-2H3. The van der Waals surface area contributed by atoms with Gasteiger partial charge in [0.05, 0.1) is 7.11 Å². The van der Waals surface area contributed by atoms with Crippen LogP contribution < -0.4 is 4.74 Å². The lowest BCUT2D eigenvalue weighted by molar-refractivity contribution is -0.117. The fourth-order valence-electron chi connectivity index (χ4n) is 1.20. The van der Waals surface area contributed by atoms with Crippen LogP contribution in [0.4, 0.5) is 0 Å². The molecule has 15 heavy (non-hydrogen) atoms. The van der Waals surface area contributed by atoms with Gasteiger partial charge in [-0.25, -0.2) is 0 Å². The van der Waals surface area contributed by atoms with Gasteiger partial charge in [-0.3, -0.25) is 0 Å². The molecule has 82 valence electrons. The normalized spacial score (nSPS) is 10.0. The molecule has 0 saturated carbocycles. The average molecular weight is 224 g/mol. The number of thioether (sulfide) groups is 1. The van der Waals surface area contributed by atoms with E-state index in [-0.39, 0.29) is 5.78 Å². The van der Waals surface area contributed by atoms with Crippen LogP contribution in [0, 0.1) is 0 Å². The van der Waals surface area contributed by atoms with E-state index < -0.39 is 0 Å². The molecule has 0 unspecified atom stereocenters. The summed E-state index contributed by atoms with van der Waals surface area (Å²) in [4.78, 5) is 11.9. The van der Waals surface area contributed by atoms with Crippen LogP contribution in [0.15, 0.2) is 29.2 Å². The van der Waals surface area contributed by atoms with E-state index in [4.69, 9.17) is 4.74 Å². The number of hydrogen-bond donors (Lipinski definition) is 0.